The maximum absolute atomic E-state index is 4.19. The van der Waals surface area contributed by atoms with Gasteiger partial charge in [0.2, 0.25) is 0 Å². The van der Waals surface area contributed by atoms with Crippen LogP contribution in [0.3, 0.4) is 0 Å². The molecule has 1 unspecified atom stereocenters. The van der Waals surface area contributed by atoms with Gasteiger partial charge < -0.3 is 5.32 Å². The summed E-state index contributed by atoms with van der Waals surface area (Å²) in [6, 6.07) is 2.28. The fourth-order valence-electron chi connectivity index (χ4n) is 1.55. The van der Waals surface area contributed by atoms with E-state index in [1.54, 1.807) is 18.4 Å². The van der Waals surface area contributed by atoms with Gasteiger partial charge in [-0.2, -0.15) is 4.80 Å². The first-order valence-corrected chi connectivity index (χ1v) is 7.35. The van der Waals surface area contributed by atoms with Crippen molar-refractivity contribution in [3.8, 4) is 0 Å². The number of tetrazole rings is 1. The zero-order valence-corrected chi connectivity index (χ0v) is 13.3. The lowest BCUT2D eigenvalue weighted by Crippen LogP contribution is -2.19. The van der Waals surface area contributed by atoms with Gasteiger partial charge in [-0.25, -0.2) is 0 Å². The fraction of sp³-hybridized carbons (Fsp3) is 0.444. The lowest BCUT2D eigenvalue weighted by molar-refractivity contribution is 0.570. The molecule has 8 heteroatoms. The van der Waals surface area contributed by atoms with E-state index in [-0.39, 0.29) is 6.04 Å². The molecule has 0 aromatic carbocycles. The molecule has 0 aliphatic carbocycles. The second-order valence-corrected chi connectivity index (χ2v) is 7.27. The molecule has 17 heavy (non-hydrogen) atoms. The topological polar surface area (TPSA) is 55.6 Å². The maximum Gasteiger partial charge on any atom is 0.176 e. The number of aryl methyl sites for hydroxylation is 1. The number of rotatable bonds is 4. The molecule has 0 aliphatic rings. The standard InChI is InChI=1S/C9H11Br2N5S/c1-12-6(4-8-13-15-16(2)14-8)5-3-7(10)17-9(5)11/h3,6,12H,4H2,1-2H3. The second-order valence-electron chi connectivity index (χ2n) is 3.52. The van der Waals surface area contributed by atoms with Crippen molar-refractivity contribution in [2.24, 2.45) is 7.05 Å². The minimum atomic E-state index is 0.177. The molecule has 5 nitrogen and oxygen atoms in total. The third kappa shape index (κ3) is 3.12. The summed E-state index contributed by atoms with van der Waals surface area (Å²) in [5, 5.41) is 15.3. The van der Waals surface area contributed by atoms with Crippen LogP contribution in [0.1, 0.15) is 17.4 Å². The van der Waals surface area contributed by atoms with Crippen LogP contribution >= 0.6 is 43.2 Å². The van der Waals surface area contributed by atoms with Crippen LogP contribution < -0.4 is 5.32 Å². The average Bonchev–Trinajstić information content (AvgIpc) is 2.82. The average molecular weight is 381 g/mol. The van der Waals surface area contributed by atoms with E-state index in [0.717, 1.165) is 13.4 Å². The maximum atomic E-state index is 4.19. The smallest absolute Gasteiger partial charge is 0.176 e. The minimum absolute atomic E-state index is 0.177. The first-order valence-electron chi connectivity index (χ1n) is 4.95. The van der Waals surface area contributed by atoms with E-state index in [9.17, 15) is 0 Å². The number of nitrogens with one attached hydrogen (secondary N) is 1. The summed E-state index contributed by atoms with van der Waals surface area (Å²) in [7, 11) is 3.70. The zero-order valence-electron chi connectivity index (χ0n) is 9.31. The molecule has 92 valence electrons. The molecule has 0 fully saturated rings. The largest absolute Gasteiger partial charge is 0.313 e. The van der Waals surface area contributed by atoms with Gasteiger partial charge in [0.1, 0.15) is 0 Å². The Morgan fingerprint density at radius 2 is 2.29 bits per heavy atom. The van der Waals surface area contributed by atoms with Crippen molar-refractivity contribution in [1.82, 2.24) is 25.5 Å². The Morgan fingerprint density at radius 1 is 1.53 bits per heavy atom. The van der Waals surface area contributed by atoms with Gasteiger partial charge in [-0.3, -0.25) is 0 Å². The predicted molar refractivity (Wildman–Crippen MR) is 74.0 cm³/mol. The molecule has 0 radical (unpaired) electrons. The van der Waals surface area contributed by atoms with E-state index in [1.807, 2.05) is 7.05 Å². The summed E-state index contributed by atoms with van der Waals surface area (Å²) in [6.45, 7) is 0. The van der Waals surface area contributed by atoms with Crippen LogP contribution in [0.5, 0.6) is 0 Å². The number of hydrogen-bond acceptors (Lipinski definition) is 5. The molecule has 0 saturated heterocycles. The Labute approximate surface area is 120 Å². The van der Waals surface area contributed by atoms with Crippen molar-refractivity contribution < 1.29 is 0 Å². The van der Waals surface area contributed by atoms with Crippen molar-refractivity contribution in [3.63, 3.8) is 0 Å². The van der Waals surface area contributed by atoms with Crippen molar-refractivity contribution in [2.45, 2.75) is 12.5 Å². The van der Waals surface area contributed by atoms with Crippen molar-refractivity contribution in [3.05, 3.63) is 25.0 Å². The quantitative estimate of drug-likeness (QED) is 0.884. The molecule has 0 saturated carbocycles. The molecule has 1 N–H and O–H groups in total. The van der Waals surface area contributed by atoms with Crippen LogP contribution in [0, 0.1) is 0 Å². The Balaban J connectivity index is 2.19. The first kappa shape index (κ1) is 13.1. The number of hydrogen-bond donors (Lipinski definition) is 1. The minimum Gasteiger partial charge on any atom is -0.313 e. The highest BCUT2D eigenvalue weighted by atomic mass is 79.9. The lowest BCUT2D eigenvalue weighted by Gasteiger charge is -2.13. The van der Waals surface area contributed by atoms with Crippen LogP contribution in [-0.2, 0) is 13.5 Å². The third-order valence-electron chi connectivity index (χ3n) is 2.34. The van der Waals surface area contributed by atoms with Crippen molar-refractivity contribution in [1.29, 1.82) is 0 Å². The van der Waals surface area contributed by atoms with E-state index >= 15 is 0 Å². The molecule has 0 spiro atoms. The van der Waals surface area contributed by atoms with Crippen LogP contribution in [0.15, 0.2) is 13.6 Å². The SMILES string of the molecule is CNC(Cc1nnn(C)n1)c1cc(Br)sc1Br. The summed E-state index contributed by atoms with van der Waals surface area (Å²) in [4.78, 5) is 1.47. The Bertz CT molecular complexity index is 509. The van der Waals surface area contributed by atoms with Crippen molar-refractivity contribution in [2.75, 3.05) is 7.05 Å². The van der Waals surface area contributed by atoms with E-state index in [4.69, 9.17) is 0 Å². The van der Waals surface area contributed by atoms with Gasteiger partial charge in [0.15, 0.2) is 5.82 Å². The summed E-state index contributed by atoms with van der Waals surface area (Å²) in [5.74, 6) is 0.737. The number of nitrogens with zero attached hydrogens (tertiary/aromatic N) is 4. The Kier molecular flexibility index (Phi) is 4.29. The predicted octanol–water partition coefficient (Wildman–Crippen LogP) is 2.30. The highest BCUT2D eigenvalue weighted by Crippen LogP contribution is 2.36. The number of likely N-dealkylation sites (N-methyl/N-ethyl adjacent to an activating group) is 1. The van der Waals surface area contributed by atoms with Gasteiger partial charge in [-0.1, -0.05) is 0 Å². The molecule has 2 aromatic rings. The van der Waals surface area contributed by atoms with Crippen LogP contribution in [0.25, 0.3) is 0 Å². The second kappa shape index (κ2) is 5.55. The van der Waals surface area contributed by atoms with Gasteiger partial charge in [0, 0.05) is 12.5 Å². The van der Waals surface area contributed by atoms with Crippen LogP contribution in [0.4, 0.5) is 0 Å². The van der Waals surface area contributed by atoms with Crippen LogP contribution in [-0.4, -0.2) is 27.3 Å². The van der Waals surface area contributed by atoms with Gasteiger partial charge in [-0.15, -0.1) is 21.5 Å². The Hall–Kier alpha value is -0.310. The monoisotopic (exact) mass is 379 g/mol. The van der Waals surface area contributed by atoms with Gasteiger partial charge in [0.05, 0.1) is 14.6 Å². The molecule has 2 rings (SSSR count). The summed E-state index contributed by atoms with van der Waals surface area (Å²) in [5.41, 5.74) is 1.21. The molecular weight excluding hydrogens is 370 g/mol. The molecular formula is C9H11Br2N5S. The van der Waals surface area contributed by atoms with E-state index < -0.39 is 0 Å². The molecule has 2 aromatic heterocycles. The lowest BCUT2D eigenvalue weighted by atomic mass is 10.1. The number of aromatic nitrogens is 4. The van der Waals surface area contributed by atoms with E-state index in [0.29, 0.717) is 6.42 Å². The van der Waals surface area contributed by atoms with E-state index in [1.165, 1.54) is 10.4 Å². The van der Waals surface area contributed by atoms with Gasteiger partial charge >= 0.3 is 0 Å². The molecule has 0 bridgehead atoms. The Morgan fingerprint density at radius 3 is 2.76 bits per heavy atom. The molecule has 2 heterocycles. The molecule has 0 aliphatic heterocycles. The van der Waals surface area contributed by atoms with E-state index in [2.05, 4.69) is 58.7 Å². The third-order valence-corrected chi connectivity index (χ3v) is 4.73. The first-order chi connectivity index (χ1) is 8.10. The van der Waals surface area contributed by atoms with Crippen LogP contribution in [0.2, 0.25) is 0 Å². The zero-order chi connectivity index (χ0) is 12.4. The normalized spacial score (nSPS) is 12.9. The number of thiophene rings is 1. The number of halogens is 2. The summed E-state index contributed by atoms with van der Waals surface area (Å²) >= 11 is 8.71. The van der Waals surface area contributed by atoms with Gasteiger partial charge in [-0.05, 0) is 55.8 Å². The summed E-state index contributed by atoms with van der Waals surface area (Å²) < 4.78 is 2.22. The van der Waals surface area contributed by atoms with Crippen molar-refractivity contribution >= 4 is 43.2 Å². The highest BCUT2D eigenvalue weighted by Gasteiger charge is 2.18. The molecule has 1 atom stereocenters. The van der Waals surface area contributed by atoms with Gasteiger partial charge in [0.25, 0.3) is 0 Å². The fourth-order valence-corrected chi connectivity index (χ4v) is 4.52. The molecule has 0 amide bonds. The highest BCUT2D eigenvalue weighted by molar-refractivity contribution is 9.12. The summed E-state index contributed by atoms with van der Waals surface area (Å²) in [6.07, 6.45) is 0.714.